The lowest BCUT2D eigenvalue weighted by atomic mass is 10.1. The summed E-state index contributed by atoms with van der Waals surface area (Å²) in [6, 6.07) is 20.3. The largest absolute Gasteiger partial charge is 0.416 e. The second-order valence-electron chi connectivity index (χ2n) is 7.98. The van der Waals surface area contributed by atoms with Gasteiger partial charge in [0.2, 0.25) is 0 Å². The molecule has 1 unspecified atom stereocenters. The van der Waals surface area contributed by atoms with Crippen molar-refractivity contribution in [3.63, 3.8) is 0 Å². The van der Waals surface area contributed by atoms with E-state index < -0.39 is 36.2 Å². The number of carbonyl (C=O) groups is 2. The van der Waals surface area contributed by atoms with Gasteiger partial charge in [0, 0.05) is 11.8 Å². The lowest BCUT2D eigenvalue weighted by Gasteiger charge is -2.17. The first-order chi connectivity index (χ1) is 17.7. The molecule has 2 amide bonds. The summed E-state index contributed by atoms with van der Waals surface area (Å²) in [5, 5.41) is 24.4. The first-order valence-corrected chi connectivity index (χ1v) is 11.1. The maximum atomic E-state index is 13.1. The molecule has 0 saturated carbocycles. The van der Waals surface area contributed by atoms with Crippen molar-refractivity contribution in [1.82, 2.24) is 15.5 Å². The van der Waals surface area contributed by atoms with Gasteiger partial charge >= 0.3 is 6.18 Å². The Hall–Kier alpha value is -4.64. The molecule has 0 bridgehead atoms. The number of aliphatic hydroxyl groups excluding tert-OH is 1. The highest BCUT2D eigenvalue weighted by atomic mass is 19.4. The average molecular weight is 509 g/mol. The van der Waals surface area contributed by atoms with Crippen molar-refractivity contribution >= 4 is 29.0 Å². The normalized spacial score (nSPS) is 12.0. The third kappa shape index (κ3) is 6.33. The topological polar surface area (TPSA) is 119 Å². The van der Waals surface area contributed by atoms with Crippen LogP contribution in [0, 0.1) is 0 Å². The van der Waals surface area contributed by atoms with E-state index in [-0.39, 0.29) is 22.8 Å². The predicted octanol–water partition coefficient (Wildman–Crippen LogP) is 4.57. The summed E-state index contributed by atoms with van der Waals surface area (Å²) in [5.74, 6) is -1.22. The number of nitrogens with zero attached hydrogens (tertiary/aromatic N) is 1. The van der Waals surface area contributed by atoms with E-state index in [9.17, 15) is 27.9 Å². The molecule has 0 fully saturated rings. The van der Waals surface area contributed by atoms with Gasteiger partial charge in [0.1, 0.15) is 6.04 Å². The van der Waals surface area contributed by atoms with Crippen molar-refractivity contribution in [3.05, 3.63) is 96.1 Å². The van der Waals surface area contributed by atoms with Gasteiger partial charge in [-0.2, -0.15) is 18.3 Å². The van der Waals surface area contributed by atoms with Crippen molar-refractivity contribution in [1.29, 1.82) is 0 Å². The van der Waals surface area contributed by atoms with Crippen LogP contribution in [0.4, 0.5) is 30.4 Å². The van der Waals surface area contributed by atoms with Crippen molar-refractivity contribution in [3.8, 4) is 11.3 Å². The van der Waals surface area contributed by atoms with Crippen molar-refractivity contribution in [2.24, 2.45) is 0 Å². The molecular formula is C26H22F3N5O3. The average Bonchev–Trinajstić information content (AvgIpc) is 3.36. The highest BCUT2D eigenvalue weighted by Crippen LogP contribution is 2.32. The Balaban J connectivity index is 1.45. The first-order valence-electron chi connectivity index (χ1n) is 11.1. The van der Waals surface area contributed by atoms with Crippen LogP contribution in [0.2, 0.25) is 0 Å². The van der Waals surface area contributed by atoms with Gasteiger partial charge in [0.05, 0.1) is 29.1 Å². The Morgan fingerprint density at radius 3 is 2.41 bits per heavy atom. The van der Waals surface area contributed by atoms with Crippen LogP contribution in [0.5, 0.6) is 0 Å². The Bertz CT molecular complexity index is 1390. The molecule has 8 nitrogen and oxygen atoms in total. The third-order valence-electron chi connectivity index (χ3n) is 5.36. The van der Waals surface area contributed by atoms with Gasteiger partial charge in [-0.1, -0.05) is 48.5 Å². The highest BCUT2D eigenvalue weighted by molar-refractivity contribution is 6.04. The highest BCUT2D eigenvalue weighted by Gasteiger charge is 2.30. The molecule has 0 aliphatic heterocycles. The number of alkyl halides is 3. The molecule has 3 aromatic carbocycles. The fourth-order valence-corrected chi connectivity index (χ4v) is 3.51. The number of carbonyl (C=O) groups excluding carboxylic acids is 2. The molecular weight excluding hydrogens is 487 g/mol. The number of hydrogen-bond acceptors (Lipinski definition) is 5. The zero-order valence-corrected chi connectivity index (χ0v) is 19.2. The molecule has 4 aromatic rings. The summed E-state index contributed by atoms with van der Waals surface area (Å²) in [7, 11) is 0. The van der Waals surface area contributed by atoms with E-state index in [1.54, 1.807) is 18.2 Å². The maximum absolute atomic E-state index is 13.1. The quantitative estimate of drug-likeness (QED) is 0.239. The maximum Gasteiger partial charge on any atom is 0.416 e. The molecule has 11 heteroatoms. The smallest absolute Gasteiger partial charge is 0.394 e. The van der Waals surface area contributed by atoms with Gasteiger partial charge in [-0.05, 0) is 35.9 Å². The van der Waals surface area contributed by atoms with Gasteiger partial charge in [-0.3, -0.25) is 14.7 Å². The van der Waals surface area contributed by atoms with Gasteiger partial charge < -0.3 is 21.1 Å². The number of rotatable bonds is 8. The molecule has 0 spiro atoms. The van der Waals surface area contributed by atoms with E-state index in [4.69, 9.17) is 0 Å². The molecule has 0 aliphatic rings. The third-order valence-corrected chi connectivity index (χ3v) is 5.36. The summed E-state index contributed by atoms with van der Waals surface area (Å²) in [6.07, 6.45) is -4.52. The minimum absolute atomic E-state index is 0.0669. The number of aromatic amines is 1. The number of nitrogens with one attached hydrogen (secondary N) is 4. The summed E-state index contributed by atoms with van der Waals surface area (Å²) in [5.41, 5.74) is 1.08. The van der Waals surface area contributed by atoms with Crippen LogP contribution in [-0.4, -0.2) is 39.8 Å². The van der Waals surface area contributed by atoms with E-state index in [0.29, 0.717) is 5.69 Å². The fraction of sp³-hybridized carbons (Fsp3) is 0.115. The van der Waals surface area contributed by atoms with Crippen LogP contribution in [-0.2, 0) is 11.0 Å². The molecule has 1 heterocycles. The molecule has 190 valence electrons. The number of para-hydroxylation sites is 1. The van der Waals surface area contributed by atoms with E-state index >= 15 is 0 Å². The van der Waals surface area contributed by atoms with Crippen molar-refractivity contribution < 1.29 is 27.9 Å². The number of halogens is 3. The van der Waals surface area contributed by atoms with Crippen LogP contribution < -0.4 is 16.0 Å². The molecule has 0 aliphatic carbocycles. The summed E-state index contributed by atoms with van der Waals surface area (Å²) in [6.45, 7) is -0.698. The molecule has 1 atom stereocenters. The van der Waals surface area contributed by atoms with E-state index in [0.717, 1.165) is 17.7 Å². The lowest BCUT2D eigenvalue weighted by molar-refractivity contribution is -0.137. The number of aliphatic hydroxyl groups is 1. The SMILES string of the molecule is O=C(NC(CO)C(=O)Nc1cc(-c2ccccc2)[nH]n1)c1ccccc1Nc1cccc(C(F)(F)F)c1. The van der Waals surface area contributed by atoms with Crippen molar-refractivity contribution in [2.75, 3.05) is 17.2 Å². The Morgan fingerprint density at radius 1 is 0.946 bits per heavy atom. The summed E-state index contributed by atoms with van der Waals surface area (Å²) < 4.78 is 39.2. The zero-order chi connectivity index (χ0) is 26.4. The zero-order valence-electron chi connectivity index (χ0n) is 19.2. The van der Waals surface area contributed by atoms with E-state index in [2.05, 4.69) is 26.1 Å². The first kappa shape index (κ1) is 25.5. The van der Waals surface area contributed by atoms with Crippen LogP contribution in [0.3, 0.4) is 0 Å². The number of benzene rings is 3. The molecule has 1 aromatic heterocycles. The van der Waals surface area contributed by atoms with Crippen LogP contribution in [0.1, 0.15) is 15.9 Å². The monoisotopic (exact) mass is 509 g/mol. The molecule has 0 saturated heterocycles. The van der Waals surface area contributed by atoms with Gasteiger partial charge in [-0.15, -0.1) is 0 Å². The predicted molar refractivity (Wildman–Crippen MR) is 132 cm³/mol. The van der Waals surface area contributed by atoms with Crippen LogP contribution in [0.25, 0.3) is 11.3 Å². The number of anilines is 3. The van der Waals surface area contributed by atoms with E-state index in [1.807, 2.05) is 30.3 Å². The number of H-pyrrole nitrogens is 1. The number of aromatic nitrogens is 2. The molecule has 37 heavy (non-hydrogen) atoms. The second-order valence-corrected chi connectivity index (χ2v) is 7.98. The van der Waals surface area contributed by atoms with Gasteiger partial charge in [0.15, 0.2) is 5.82 Å². The van der Waals surface area contributed by atoms with Crippen LogP contribution >= 0.6 is 0 Å². The minimum Gasteiger partial charge on any atom is -0.394 e. The Morgan fingerprint density at radius 2 is 1.68 bits per heavy atom. The molecule has 4 rings (SSSR count). The number of amides is 2. The fourth-order valence-electron chi connectivity index (χ4n) is 3.51. The Kier molecular flexibility index (Phi) is 7.54. The van der Waals surface area contributed by atoms with Gasteiger partial charge in [0.25, 0.3) is 11.8 Å². The van der Waals surface area contributed by atoms with E-state index in [1.165, 1.54) is 24.3 Å². The van der Waals surface area contributed by atoms with Crippen LogP contribution in [0.15, 0.2) is 84.9 Å². The molecule has 0 radical (unpaired) electrons. The molecule has 5 N–H and O–H groups in total. The van der Waals surface area contributed by atoms with Gasteiger partial charge in [-0.25, -0.2) is 0 Å². The van der Waals surface area contributed by atoms with Crippen molar-refractivity contribution in [2.45, 2.75) is 12.2 Å². The standard InChI is InChI=1S/C26H22F3N5O3/c27-26(28,29)17-9-6-10-18(13-17)30-20-12-5-4-11-19(20)24(36)31-22(15-35)25(37)32-23-14-21(33-34-23)16-7-2-1-3-8-16/h1-14,22,30,35H,15H2,(H,31,36)(H2,32,33,34,37). The Labute approximate surface area is 209 Å². The minimum atomic E-state index is -4.52. The number of hydrogen-bond donors (Lipinski definition) is 5. The summed E-state index contributed by atoms with van der Waals surface area (Å²) in [4.78, 5) is 25.7. The second kappa shape index (κ2) is 11.0. The summed E-state index contributed by atoms with van der Waals surface area (Å²) >= 11 is 0. The lowest BCUT2D eigenvalue weighted by Crippen LogP contribution is -2.46.